The Labute approximate surface area is 279 Å². The molecule has 0 saturated carbocycles. The third-order valence-electron chi connectivity index (χ3n) is 7.48. The minimum absolute atomic E-state index is 0.0954. The Hall–Kier alpha value is -2.65. The normalized spacial score (nSPS) is 14.5. The molecule has 4 rings (SSSR count). The maximum absolute atomic E-state index is 6.47. The quantitative estimate of drug-likeness (QED) is 0.142. The van der Waals surface area contributed by atoms with Crippen LogP contribution in [0.25, 0.3) is 11.8 Å². The van der Waals surface area contributed by atoms with Crippen molar-refractivity contribution in [2.75, 3.05) is 0 Å². The first-order valence-corrected chi connectivity index (χ1v) is 22.4. The fraction of sp³-hybridized carbons (Fsp3) is 0.366. The summed E-state index contributed by atoms with van der Waals surface area (Å²) < 4.78 is 8.27. The zero-order chi connectivity index (χ0) is 32.5. The van der Waals surface area contributed by atoms with Crippen LogP contribution >= 0.6 is 0 Å². The van der Waals surface area contributed by atoms with Gasteiger partial charge in [-0.1, -0.05) is 126 Å². The summed E-state index contributed by atoms with van der Waals surface area (Å²) in [6.07, 6.45) is 10.6. The van der Waals surface area contributed by atoms with Crippen LogP contribution in [0.4, 0.5) is 0 Å². The predicted molar refractivity (Wildman–Crippen MR) is 193 cm³/mol. The molecule has 0 saturated heterocycles. The van der Waals surface area contributed by atoms with Gasteiger partial charge in [-0.15, -0.1) is 0 Å². The van der Waals surface area contributed by atoms with Gasteiger partial charge in [-0.05, 0) is 34.1 Å². The van der Waals surface area contributed by atoms with Crippen molar-refractivity contribution in [1.29, 1.82) is 0 Å². The van der Waals surface area contributed by atoms with Crippen molar-refractivity contribution in [3.8, 4) is 5.75 Å². The molecular formula is C41H54OSiTi. The van der Waals surface area contributed by atoms with Gasteiger partial charge < -0.3 is 4.74 Å². The molecule has 1 nitrogen and oxygen atoms in total. The van der Waals surface area contributed by atoms with Gasteiger partial charge in [0.05, 0.1) is 0 Å². The summed E-state index contributed by atoms with van der Waals surface area (Å²) in [6, 6.07) is 29.2. The predicted octanol–water partition coefficient (Wildman–Crippen LogP) is 11.8. The van der Waals surface area contributed by atoms with Crippen LogP contribution in [0.2, 0.25) is 13.1 Å². The first-order valence-electron chi connectivity index (χ1n) is 16.0. The van der Waals surface area contributed by atoms with Crippen LogP contribution in [0.15, 0.2) is 118 Å². The van der Waals surface area contributed by atoms with Crippen molar-refractivity contribution >= 4 is 18.5 Å². The van der Waals surface area contributed by atoms with E-state index in [1.807, 2.05) is 36.4 Å². The van der Waals surface area contributed by atoms with E-state index in [-0.39, 0.29) is 17.5 Å². The molecule has 3 heteroatoms. The van der Waals surface area contributed by atoms with Crippen molar-refractivity contribution in [2.24, 2.45) is 10.8 Å². The van der Waals surface area contributed by atoms with Crippen LogP contribution in [0, 0.1) is 10.8 Å². The van der Waals surface area contributed by atoms with Crippen molar-refractivity contribution in [1.82, 2.24) is 0 Å². The van der Waals surface area contributed by atoms with Gasteiger partial charge in [-0.2, -0.15) is 0 Å². The topological polar surface area (TPSA) is 9.23 Å². The van der Waals surface area contributed by atoms with E-state index in [0.29, 0.717) is 23.8 Å². The molecule has 0 fully saturated rings. The molecular weight excluding hydrogens is 584 g/mol. The second-order valence-corrected chi connectivity index (χ2v) is 25.4. The van der Waals surface area contributed by atoms with E-state index in [0.717, 1.165) is 22.6 Å². The number of allylic oxidation sites excluding steroid dienone is 6. The molecule has 44 heavy (non-hydrogen) atoms. The molecule has 3 aromatic carbocycles. The molecule has 0 N–H and O–H groups in total. The first-order chi connectivity index (χ1) is 20.5. The number of hydrogen-bond donors (Lipinski definition) is 0. The first kappa shape index (κ1) is 35.8. The second kappa shape index (κ2) is 15.6. The van der Waals surface area contributed by atoms with Crippen LogP contribution in [-0.2, 0) is 23.8 Å². The molecule has 0 heterocycles. The van der Waals surface area contributed by atoms with Crippen LogP contribution in [0.1, 0.15) is 85.4 Å². The van der Waals surface area contributed by atoms with Crippen molar-refractivity contribution in [3.05, 3.63) is 135 Å². The average molecular weight is 639 g/mol. The number of rotatable bonds is 7. The standard InChI is InChI=1S/C30H34O.C9H13.C2H7Si.Ti/c1-29(2,3)25-20-17-23(18-21-25)19-22-27(30(4,5)6)28(24-13-9-7-10-14-24)31-26-15-11-8-12-16-26;1-9(2,3)8-6-4-5-7-8;1-3-2;/h7-22H,1-6H3;6-7H,4H2,1-3H3;3H,1-2H3;. The summed E-state index contributed by atoms with van der Waals surface area (Å²) in [5.41, 5.74) is 6.75. The minimum atomic E-state index is -0.282. The van der Waals surface area contributed by atoms with Crippen molar-refractivity contribution < 1.29 is 23.1 Å². The number of para-hydroxylation sites is 1. The van der Waals surface area contributed by atoms with E-state index in [9.17, 15) is 0 Å². The molecule has 0 aliphatic heterocycles. The summed E-state index contributed by atoms with van der Waals surface area (Å²) in [5, 5.41) is 0. The maximum atomic E-state index is 6.47. The van der Waals surface area contributed by atoms with Crippen LogP contribution in [-0.4, -0.2) is 6.66 Å². The van der Waals surface area contributed by atoms with Crippen LogP contribution in [0.3, 0.4) is 0 Å². The van der Waals surface area contributed by atoms with Gasteiger partial charge in [0.15, 0.2) is 0 Å². The van der Waals surface area contributed by atoms with Crippen LogP contribution < -0.4 is 4.74 Å². The van der Waals surface area contributed by atoms with Gasteiger partial charge >= 0.3 is 92.4 Å². The fourth-order valence-corrected chi connectivity index (χ4v) is 10.7. The van der Waals surface area contributed by atoms with Crippen molar-refractivity contribution in [2.45, 2.75) is 87.2 Å². The molecule has 0 unspecified atom stereocenters. The van der Waals surface area contributed by atoms with E-state index in [4.69, 9.17) is 4.74 Å². The molecule has 3 aromatic rings. The Balaban J connectivity index is 0.000000340. The Morgan fingerprint density at radius 1 is 0.727 bits per heavy atom. The summed E-state index contributed by atoms with van der Waals surface area (Å²) in [4.78, 5) is 0. The van der Waals surface area contributed by atoms with Gasteiger partial charge in [0.1, 0.15) is 11.5 Å². The molecule has 0 radical (unpaired) electrons. The molecule has 1 aliphatic carbocycles. The van der Waals surface area contributed by atoms with Gasteiger partial charge in [-0.3, -0.25) is 0 Å². The third-order valence-corrected chi connectivity index (χ3v) is 13.4. The summed E-state index contributed by atoms with van der Waals surface area (Å²) in [7, 11) is 0. The molecule has 0 bridgehead atoms. The fourth-order valence-electron chi connectivity index (χ4n) is 4.92. The Kier molecular flexibility index (Phi) is 12.7. The second-order valence-electron chi connectivity index (χ2n) is 15.1. The van der Waals surface area contributed by atoms with Gasteiger partial charge in [0, 0.05) is 11.1 Å². The summed E-state index contributed by atoms with van der Waals surface area (Å²) in [5.74, 6) is 1.73. The van der Waals surface area contributed by atoms with E-state index in [2.05, 4.69) is 148 Å². The zero-order valence-corrected chi connectivity index (χ0v) is 31.8. The molecule has 1 aliphatic rings. The molecule has 232 valence electrons. The Morgan fingerprint density at radius 2 is 1.30 bits per heavy atom. The van der Waals surface area contributed by atoms with Crippen LogP contribution in [0.5, 0.6) is 5.75 Å². The van der Waals surface area contributed by atoms with E-state index in [1.54, 1.807) is 9.45 Å². The van der Waals surface area contributed by atoms with E-state index < -0.39 is 0 Å². The average Bonchev–Trinajstić information content (AvgIpc) is 3.42. The summed E-state index contributed by atoms with van der Waals surface area (Å²) >= 11 is 0.302. The molecule has 0 atom stereocenters. The zero-order valence-electron chi connectivity index (χ0n) is 29.1. The molecule has 0 aromatic heterocycles. The molecule has 0 spiro atoms. The van der Waals surface area contributed by atoms with E-state index in [1.165, 1.54) is 17.5 Å². The SMILES string of the molecule is CC(C)(C)C(C=Cc1ccc(C(C)(C)C)cc1)=C(Oc1ccccc1)c1ccccc1.C[SiH](C)[Ti][C]1=CC(C(C)(C)C)=CC1. The molecule has 0 amide bonds. The monoisotopic (exact) mass is 638 g/mol. The van der Waals surface area contributed by atoms with Crippen molar-refractivity contribution in [3.63, 3.8) is 0 Å². The van der Waals surface area contributed by atoms with Gasteiger partial charge in [0.25, 0.3) is 0 Å². The summed E-state index contributed by atoms with van der Waals surface area (Å²) in [6.45, 7) is 25.0. The third kappa shape index (κ3) is 11.4. The number of ether oxygens (including phenoxy) is 1. The number of benzene rings is 3. The number of hydrogen-bond acceptors (Lipinski definition) is 1. The van der Waals surface area contributed by atoms with E-state index >= 15 is 0 Å². The Morgan fingerprint density at radius 3 is 1.77 bits per heavy atom. The van der Waals surface area contributed by atoms with Gasteiger partial charge in [0.2, 0.25) is 0 Å². The Bertz CT molecular complexity index is 1450. The van der Waals surface area contributed by atoms with Gasteiger partial charge in [-0.25, -0.2) is 0 Å².